The van der Waals surface area contributed by atoms with Crippen LogP contribution in [0.2, 0.25) is 0 Å². The zero-order chi connectivity index (χ0) is 33.0. The van der Waals surface area contributed by atoms with Gasteiger partial charge in [-0.1, -0.05) is 140 Å². The first-order valence-corrected chi connectivity index (χ1v) is 18.8. The molecule has 6 aliphatic rings. The molecule has 0 bridgehead atoms. The fraction of sp³-hybridized carbons (Fsp3) is 0.200. The van der Waals surface area contributed by atoms with E-state index in [0.717, 1.165) is 51.4 Å². The maximum atomic E-state index is 2.57. The Bertz CT molecular complexity index is 2570. The van der Waals surface area contributed by atoms with E-state index in [1.807, 2.05) is 0 Å². The van der Waals surface area contributed by atoms with Crippen molar-refractivity contribution in [1.29, 1.82) is 0 Å². The average Bonchev–Trinajstić information content (AvgIpc) is 3.19. The molecule has 0 aliphatic heterocycles. The van der Waals surface area contributed by atoms with Crippen LogP contribution >= 0.6 is 0 Å². The second kappa shape index (κ2) is 12.3. The minimum Gasteiger partial charge on any atom is -0.0839 e. The van der Waals surface area contributed by atoms with Crippen LogP contribution < -0.4 is 20.9 Å². The second-order valence-corrected chi connectivity index (χ2v) is 14.8. The van der Waals surface area contributed by atoms with Crippen LogP contribution in [0.1, 0.15) is 85.1 Å². The molecule has 0 spiro atoms. The average molecular weight is 643 g/mol. The summed E-state index contributed by atoms with van der Waals surface area (Å²) in [4.78, 5) is 0. The molecule has 0 amide bonds. The van der Waals surface area contributed by atoms with E-state index in [4.69, 9.17) is 0 Å². The maximum Gasteiger partial charge on any atom is 0.0130 e. The Hall–Kier alpha value is -5.20. The second-order valence-electron chi connectivity index (χ2n) is 14.8. The number of allylic oxidation sites excluding steroid dienone is 13. The van der Waals surface area contributed by atoms with Crippen molar-refractivity contribution < 1.29 is 0 Å². The van der Waals surface area contributed by atoms with Gasteiger partial charge in [0.1, 0.15) is 0 Å². The van der Waals surface area contributed by atoms with Crippen molar-refractivity contribution in [1.82, 2.24) is 0 Å². The first kappa shape index (κ1) is 29.7. The molecule has 2 unspecified atom stereocenters. The van der Waals surface area contributed by atoms with Gasteiger partial charge in [0.25, 0.3) is 0 Å². The molecule has 242 valence electrons. The largest absolute Gasteiger partial charge is 0.0839 e. The highest BCUT2D eigenvalue weighted by Gasteiger charge is 2.26. The Labute approximate surface area is 295 Å². The minimum absolute atomic E-state index is 0.368. The Morgan fingerprint density at radius 1 is 0.640 bits per heavy atom. The third-order valence-electron chi connectivity index (χ3n) is 11.9. The highest BCUT2D eigenvalue weighted by atomic mass is 14.3. The molecule has 0 nitrogen and oxygen atoms in total. The number of hydrogen-bond donors (Lipinski definition) is 0. The molecule has 0 radical (unpaired) electrons. The van der Waals surface area contributed by atoms with Crippen molar-refractivity contribution in [3.8, 4) is 0 Å². The van der Waals surface area contributed by atoms with Gasteiger partial charge in [0, 0.05) is 11.8 Å². The van der Waals surface area contributed by atoms with Crippen LogP contribution in [-0.4, -0.2) is 0 Å². The van der Waals surface area contributed by atoms with E-state index in [0.29, 0.717) is 11.8 Å². The molecular formula is C50H42. The van der Waals surface area contributed by atoms with E-state index >= 15 is 0 Å². The summed E-state index contributed by atoms with van der Waals surface area (Å²) in [5.74, 6) is 0.843. The van der Waals surface area contributed by atoms with E-state index in [1.54, 1.807) is 0 Å². The summed E-state index contributed by atoms with van der Waals surface area (Å²) < 4.78 is 0. The van der Waals surface area contributed by atoms with E-state index in [2.05, 4.69) is 146 Å². The van der Waals surface area contributed by atoms with Crippen LogP contribution in [0.15, 0.2) is 133 Å². The standard InChI is InChI=1S/C50H42/c1-3-14-33(15-4-1)38-28-39(34-16-5-2-6-17-34)30-40(29-38)49-42-21-9-11-23-44(42)50(45-24-12-10-22-43(45)49)46-25-13-19-36-31-47-37(32-48(36)46)27-26-35-18-7-8-20-41(35)47/h1,3-5,7-9,11,14-19,21-24,26-29,31-32,39,41H,2,6,10,12-13,20,25,30H2. The van der Waals surface area contributed by atoms with Crippen LogP contribution in [0.3, 0.4) is 0 Å². The Kier molecular flexibility index (Phi) is 7.30. The Morgan fingerprint density at radius 2 is 1.44 bits per heavy atom. The summed E-state index contributed by atoms with van der Waals surface area (Å²) >= 11 is 0. The molecule has 0 saturated carbocycles. The van der Waals surface area contributed by atoms with Crippen molar-refractivity contribution >= 4 is 51.8 Å². The molecule has 0 N–H and O–H groups in total. The summed E-state index contributed by atoms with van der Waals surface area (Å²) in [5.41, 5.74) is 14.3. The molecule has 0 aromatic heterocycles. The summed E-state index contributed by atoms with van der Waals surface area (Å²) in [7, 11) is 0. The van der Waals surface area contributed by atoms with E-state index in [-0.39, 0.29) is 0 Å². The van der Waals surface area contributed by atoms with Gasteiger partial charge < -0.3 is 0 Å². The van der Waals surface area contributed by atoms with Crippen molar-refractivity contribution in [2.75, 3.05) is 0 Å². The predicted molar refractivity (Wildman–Crippen MR) is 214 cm³/mol. The quantitative estimate of drug-likeness (QED) is 0.208. The third-order valence-corrected chi connectivity index (χ3v) is 11.9. The van der Waals surface area contributed by atoms with Gasteiger partial charge in [-0.2, -0.15) is 0 Å². The van der Waals surface area contributed by atoms with Gasteiger partial charge in [-0.15, -0.1) is 0 Å². The molecule has 4 aromatic rings. The molecule has 0 saturated heterocycles. The van der Waals surface area contributed by atoms with E-state index in [1.165, 1.54) is 87.3 Å². The van der Waals surface area contributed by atoms with Crippen molar-refractivity contribution in [2.45, 2.75) is 57.3 Å². The van der Waals surface area contributed by atoms with E-state index < -0.39 is 0 Å². The Balaban J connectivity index is 1.22. The fourth-order valence-corrected chi connectivity index (χ4v) is 9.55. The normalized spacial score (nSPS) is 21.6. The van der Waals surface area contributed by atoms with Gasteiger partial charge in [-0.05, 0) is 145 Å². The van der Waals surface area contributed by atoms with Crippen molar-refractivity contribution in [3.63, 3.8) is 0 Å². The van der Waals surface area contributed by atoms with Crippen molar-refractivity contribution in [2.24, 2.45) is 5.92 Å². The predicted octanol–water partition coefficient (Wildman–Crippen LogP) is 9.73. The molecule has 4 aromatic carbocycles. The van der Waals surface area contributed by atoms with Crippen LogP contribution in [0.4, 0.5) is 0 Å². The monoisotopic (exact) mass is 642 g/mol. The first-order valence-electron chi connectivity index (χ1n) is 18.8. The molecule has 10 rings (SSSR count). The zero-order valence-corrected chi connectivity index (χ0v) is 28.7. The number of hydrogen-bond acceptors (Lipinski definition) is 0. The summed E-state index contributed by atoms with van der Waals surface area (Å²) in [6, 6.07) is 25.4. The highest BCUT2D eigenvalue weighted by Crippen LogP contribution is 2.41. The first-order chi connectivity index (χ1) is 24.8. The minimum atomic E-state index is 0.368. The number of benzene rings is 4. The lowest BCUT2D eigenvalue weighted by Gasteiger charge is -2.28. The van der Waals surface area contributed by atoms with Gasteiger partial charge >= 0.3 is 0 Å². The molecular weight excluding hydrogens is 601 g/mol. The fourth-order valence-electron chi connectivity index (χ4n) is 9.55. The summed E-state index contributed by atoms with van der Waals surface area (Å²) in [6.07, 6.45) is 40.2. The van der Waals surface area contributed by atoms with Crippen LogP contribution in [0.5, 0.6) is 0 Å². The third kappa shape index (κ3) is 4.96. The van der Waals surface area contributed by atoms with Gasteiger partial charge in [-0.25, -0.2) is 0 Å². The molecule has 0 fully saturated rings. The highest BCUT2D eigenvalue weighted by molar-refractivity contribution is 6.03. The molecule has 6 aliphatic carbocycles. The van der Waals surface area contributed by atoms with Crippen LogP contribution in [0.25, 0.3) is 51.8 Å². The lowest BCUT2D eigenvalue weighted by Crippen LogP contribution is -2.38. The van der Waals surface area contributed by atoms with Gasteiger partial charge in [0.15, 0.2) is 0 Å². The van der Waals surface area contributed by atoms with Gasteiger partial charge in [-0.3, -0.25) is 0 Å². The van der Waals surface area contributed by atoms with Crippen LogP contribution in [-0.2, 0) is 0 Å². The zero-order valence-electron chi connectivity index (χ0n) is 28.7. The summed E-state index contributed by atoms with van der Waals surface area (Å²) in [5, 5.41) is 8.54. The lowest BCUT2D eigenvalue weighted by molar-refractivity contribution is 0.785. The van der Waals surface area contributed by atoms with Gasteiger partial charge in [0.2, 0.25) is 0 Å². The topological polar surface area (TPSA) is 0 Å². The lowest BCUT2D eigenvalue weighted by atomic mass is 9.76. The molecule has 0 heterocycles. The number of fused-ring (bicyclic) bond motifs is 6. The van der Waals surface area contributed by atoms with Crippen LogP contribution in [0, 0.1) is 5.92 Å². The number of rotatable bonds is 4. The SMILES string of the molecule is C1=CCC2C(=C1)C=Cc1cc3c(cc12)=CCCC=3c1c2c(c(C3=CC(c4ccccc4)=CC(C4=CCCC=C4)C3)c3ccccc13)=CCCC=2. The maximum absolute atomic E-state index is 2.57. The van der Waals surface area contributed by atoms with E-state index in [9.17, 15) is 0 Å². The van der Waals surface area contributed by atoms with Crippen molar-refractivity contribution in [3.05, 3.63) is 181 Å². The smallest absolute Gasteiger partial charge is 0.0130 e. The van der Waals surface area contributed by atoms with Gasteiger partial charge in [0.05, 0.1) is 0 Å². The summed E-state index contributed by atoms with van der Waals surface area (Å²) in [6.45, 7) is 0. The molecule has 50 heavy (non-hydrogen) atoms. The Morgan fingerprint density at radius 3 is 2.28 bits per heavy atom. The molecule has 0 heteroatoms. The molecule has 2 atom stereocenters.